The normalized spacial score (nSPS) is 28.6. The first-order chi connectivity index (χ1) is 17.4. The van der Waals surface area contributed by atoms with Gasteiger partial charge in [-0.05, 0) is 49.8 Å². The van der Waals surface area contributed by atoms with Crippen LogP contribution >= 0.6 is 0 Å². The minimum absolute atomic E-state index is 0.00914. The van der Waals surface area contributed by atoms with Gasteiger partial charge in [-0.15, -0.1) is 0 Å². The first-order valence-corrected chi connectivity index (χ1v) is 13.3. The molecule has 1 aliphatic heterocycles. The van der Waals surface area contributed by atoms with Gasteiger partial charge in [-0.3, -0.25) is 9.59 Å². The summed E-state index contributed by atoms with van der Waals surface area (Å²) >= 11 is 0. The molecule has 8 heteroatoms. The number of allylic oxidation sites excluding steroid dienone is 1. The molecule has 1 aromatic heterocycles. The number of rotatable bonds is 3. The van der Waals surface area contributed by atoms with Crippen LogP contribution in [0.1, 0.15) is 78.4 Å². The number of Topliss-reactive ketones (excluding diaryl/α,β-unsaturated/α-hetero) is 1. The number of carbonyl (C=O) groups excluding carboxylic acids is 2. The molecule has 0 saturated carbocycles. The first-order valence-electron chi connectivity index (χ1n) is 13.3. The van der Waals surface area contributed by atoms with E-state index in [1.165, 1.54) is 0 Å². The Hall–Kier alpha value is -2.55. The van der Waals surface area contributed by atoms with Crippen LogP contribution in [0.3, 0.4) is 0 Å². The Kier molecular flexibility index (Phi) is 9.67. The van der Waals surface area contributed by atoms with Crippen LogP contribution in [-0.4, -0.2) is 55.4 Å². The molecule has 3 N–H and O–H groups in total. The minimum atomic E-state index is -1.25. The van der Waals surface area contributed by atoms with Gasteiger partial charge in [-0.25, -0.2) is 4.98 Å². The first kappa shape index (κ1) is 29.0. The molecule has 0 aliphatic carbocycles. The lowest BCUT2D eigenvalue weighted by molar-refractivity contribution is -0.155. The van der Waals surface area contributed by atoms with E-state index in [4.69, 9.17) is 4.74 Å². The van der Waals surface area contributed by atoms with E-state index in [1.54, 1.807) is 27.1 Å². The van der Waals surface area contributed by atoms with Gasteiger partial charge in [0.2, 0.25) is 0 Å². The number of imidazole rings is 1. The fourth-order valence-corrected chi connectivity index (χ4v) is 5.12. The average molecular weight is 515 g/mol. The largest absolute Gasteiger partial charge is 0.457 e. The van der Waals surface area contributed by atoms with E-state index < -0.39 is 35.6 Å². The Balaban J connectivity index is 1.91. The van der Waals surface area contributed by atoms with E-state index in [1.807, 2.05) is 36.6 Å². The molecular formula is C29H42N2O6. The second-order valence-electron chi connectivity index (χ2n) is 11.1. The summed E-state index contributed by atoms with van der Waals surface area (Å²) in [7, 11) is 0. The van der Waals surface area contributed by atoms with Crippen molar-refractivity contribution in [2.45, 2.75) is 91.6 Å². The molecule has 204 valence electrons. The molecule has 2 aromatic rings. The molecule has 37 heavy (non-hydrogen) atoms. The zero-order chi connectivity index (χ0) is 27.3. The van der Waals surface area contributed by atoms with E-state index >= 15 is 0 Å². The monoisotopic (exact) mass is 514 g/mol. The topological polar surface area (TPSA) is 122 Å². The quantitative estimate of drug-likeness (QED) is 0.416. The van der Waals surface area contributed by atoms with Crippen molar-refractivity contribution in [3.8, 4) is 0 Å². The lowest BCUT2D eigenvalue weighted by atomic mass is 9.73. The summed E-state index contributed by atoms with van der Waals surface area (Å²) in [5.74, 6) is -1.59. The van der Waals surface area contributed by atoms with Gasteiger partial charge in [0, 0.05) is 18.9 Å². The average Bonchev–Trinajstić information content (AvgIpc) is 3.26. The molecule has 3 unspecified atom stereocenters. The van der Waals surface area contributed by atoms with Crippen molar-refractivity contribution >= 4 is 22.8 Å². The third-order valence-corrected chi connectivity index (χ3v) is 7.88. The second-order valence-corrected chi connectivity index (χ2v) is 11.1. The van der Waals surface area contributed by atoms with Crippen LogP contribution in [0.4, 0.5) is 0 Å². The van der Waals surface area contributed by atoms with Gasteiger partial charge >= 0.3 is 5.97 Å². The molecule has 1 aliphatic rings. The molecule has 2 heterocycles. The van der Waals surface area contributed by atoms with Crippen molar-refractivity contribution in [3.05, 3.63) is 41.7 Å². The number of ketones is 1. The van der Waals surface area contributed by atoms with Crippen molar-refractivity contribution in [2.24, 2.45) is 17.3 Å². The van der Waals surface area contributed by atoms with E-state index in [-0.39, 0.29) is 24.7 Å². The van der Waals surface area contributed by atoms with Crippen molar-refractivity contribution in [1.29, 1.82) is 0 Å². The van der Waals surface area contributed by atoms with Gasteiger partial charge in [0.25, 0.3) is 0 Å². The summed E-state index contributed by atoms with van der Waals surface area (Å²) in [4.78, 5) is 30.7. The van der Waals surface area contributed by atoms with E-state index in [2.05, 4.69) is 11.1 Å². The predicted molar refractivity (Wildman–Crippen MR) is 142 cm³/mol. The molecule has 8 nitrogen and oxygen atoms in total. The Morgan fingerprint density at radius 3 is 2.62 bits per heavy atom. The lowest BCUT2D eigenvalue weighted by Gasteiger charge is -2.34. The Morgan fingerprint density at radius 1 is 1.19 bits per heavy atom. The second kappa shape index (κ2) is 12.3. The number of nitrogens with zero attached hydrogens (tertiary/aromatic N) is 2. The lowest BCUT2D eigenvalue weighted by Crippen LogP contribution is -2.45. The smallest absolute Gasteiger partial charge is 0.309 e. The molecule has 1 aromatic carbocycles. The van der Waals surface area contributed by atoms with Crippen LogP contribution in [0.2, 0.25) is 0 Å². The van der Waals surface area contributed by atoms with Crippen LogP contribution in [0, 0.1) is 17.3 Å². The highest BCUT2D eigenvalue weighted by molar-refractivity contribution is 5.88. The van der Waals surface area contributed by atoms with Gasteiger partial charge < -0.3 is 24.6 Å². The third kappa shape index (κ3) is 6.86. The molecule has 0 spiro atoms. The number of hydrogen-bond acceptors (Lipinski definition) is 7. The standard InChI is InChI=1S/C29H42N2O6/c1-18-7-6-8-19(2)27(35)20(3)28(36)29(4,5)25(33)16-26(34)37-24(12-9-18)21-10-11-23-22(15-21)30-17-31(23)13-14-32/h9-11,15,17,19-20,24-25,27,32-33,35H,6-8,12-14,16H2,1-5H3/t19?,20?,24-,25?,27-/m0/s1. The molecule has 5 atom stereocenters. The van der Waals surface area contributed by atoms with Crippen molar-refractivity contribution < 1.29 is 29.6 Å². The zero-order valence-electron chi connectivity index (χ0n) is 22.7. The summed E-state index contributed by atoms with van der Waals surface area (Å²) in [6.07, 6.45) is 3.73. The minimum Gasteiger partial charge on any atom is -0.457 e. The van der Waals surface area contributed by atoms with Crippen molar-refractivity contribution in [2.75, 3.05) is 6.61 Å². The fraction of sp³-hybridized carbons (Fsp3) is 0.621. The van der Waals surface area contributed by atoms with E-state index in [0.29, 0.717) is 13.0 Å². The fourth-order valence-electron chi connectivity index (χ4n) is 5.12. The summed E-state index contributed by atoms with van der Waals surface area (Å²) < 4.78 is 7.74. The highest BCUT2D eigenvalue weighted by Crippen LogP contribution is 2.33. The van der Waals surface area contributed by atoms with Crippen LogP contribution in [0.25, 0.3) is 11.0 Å². The maximum absolute atomic E-state index is 13.2. The number of ether oxygens (including phenoxy) is 1. The summed E-state index contributed by atoms with van der Waals surface area (Å²) in [6.45, 7) is 9.37. The van der Waals surface area contributed by atoms with Gasteiger partial charge in [0.15, 0.2) is 0 Å². The number of esters is 1. The summed E-state index contributed by atoms with van der Waals surface area (Å²) in [5.41, 5.74) is 2.35. The van der Waals surface area contributed by atoms with Gasteiger partial charge in [-0.2, -0.15) is 0 Å². The summed E-state index contributed by atoms with van der Waals surface area (Å²) in [5, 5.41) is 31.0. The molecule has 0 fully saturated rings. The van der Waals surface area contributed by atoms with Crippen LogP contribution < -0.4 is 0 Å². The Bertz CT molecular complexity index is 1120. The number of cyclic esters (lactones) is 1. The number of aliphatic hydroxyl groups excluding tert-OH is 3. The zero-order valence-corrected chi connectivity index (χ0v) is 22.7. The maximum atomic E-state index is 13.2. The number of fused-ring (bicyclic) bond motifs is 1. The van der Waals surface area contributed by atoms with Gasteiger partial charge in [-0.1, -0.05) is 45.4 Å². The number of hydrogen-bond donors (Lipinski definition) is 3. The van der Waals surface area contributed by atoms with E-state index in [0.717, 1.165) is 41.4 Å². The van der Waals surface area contributed by atoms with Crippen molar-refractivity contribution in [1.82, 2.24) is 9.55 Å². The third-order valence-electron chi connectivity index (χ3n) is 7.88. The predicted octanol–water partition coefficient (Wildman–Crippen LogP) is 4.11. The van der Waals surface area contributed by atoms with Crippen molar-refractivity contribution in [3.63, 3.8) is 0 Å². The molecule has 0 bridgehead atoms. The molecule has 0 amide bonds. The Morgan fingerprint density at radius 2 is 1.92 bits per heavy atom. The molecular weight excluding hydrogens is 472 g/mol. The van der Waals surface area contributed by atoms with Gasteiger partial charge in [0.05, 0.1) is 48.0 Å². The number of aliphatic hydroxyl groups is 3. The number of aromatic nitrogens is 2. The maximum Gasteiger partial charge on any atom is 0.309 e. The van der Waals surface area contributed by atoms with Crippen LogP contribution in [0.5, 0.6) is 0 Å². The van der Waals surface area contributed by atoms with E-state index in [9.17, 15) is 24.9 Å². The highest BCUT2D eigenvalue weighted by atomic mass is 16.5. The molecule has 0 saturated heterocycles. The highest BCUT2D eigenvalue weighted by Gasteiger charge is 2.42. The van der Waals surface area contributed by atoms with Gasteiger partial charge in [0.1, 0.15) is 11.9 Å². The number of benzene rings is 1. The van der Waals surface area contributed by atoms with Crippen LogP contribution in [-0.2, 0) is 20.9 Å². The van der Waals surface area contributed by atoms with Crippen LogP contribution in [0.15, 0.2) is 36.2 Å². The Labute approximate surface area is 219 Å². The SMILES string of the molecule is CC1=CC[C@@H](c2ccc3c(c2)ncn3CCO)OC(=O)CC(O)C(C)(C)C(=O)C(C)[C@@H](O)C(C)CCC1. The summed E-state index contributed by atoms with van der Waals surface area (Å²) in [6, 6.07) is 5.69. The molecule has 0 radical (unpaired) electrons. The number of carbonyl (C=O) groups is 2. The molecule has 3 rings (SSSR count).